The molecule has 2 aromatic rings. The van der Waals surface area contributed by atoms with Crippen molar-refractivity contribution in [3.63, 3.8) is 0 Å². The normalized spacial score (nSPS) is 18.9. The van der Waals surface area contributed by atoms with E-state index in [1.807, 2.05) is 20.8 Å². The van der Waals surface area contributed by atoms with Crippen LogP contribution in [0.4, 0.5) is 10.2 Å². The van der Waals surface area contributed by atoms with Gasteiger partial charge in [0.15, 0.2) is 5.75 Å². The van der Waals surface area contributed by atoms with Gasteiger partial charge in [0, 0.05) is 25.2 Å². The van der Waals surface area contributed by atoms with Gasteiger partial charge in [0.2, 0.25) is 0 Å². The maximum Gasteiger partial charge on any atom is 0.261 e. The number of amides is 1. The van der Waals surface area contributed by atoms with Crippen molar-refractivity contribution in [2.24, 2.45) is 0 Å². The summed E-state index contributed by atoms with van der Waals surface area (Å²) in [6.07, 6.45) is 0. The number of ether oxygens (including phenoxy) is 1. The lowest BCUT2D eigenvalue weighted by atomic mass is 10.0. The molecule has 9 heteroatoms. The summed E-state index contributed by atoms with van der Waals surface area (Å²) in [5, 5.41) is 16.8. The Balaban J connectivity index is 1.96. The average Bonchev–Trinajstić information content (AvgIpc) is 2.81. The van der Waals surface area contributed by atoms with Crippen LogP contribution in [0.3, 0.4) is 0 Å². The number of rotatable bonds is 2. The summed E-state index contributed by atoms with van der Waals surface area (Å²) in [4.78, 5) is 19.7. The topological polar surface area (TPSA) is 86.7 Å². The second-order valence-corrected chi connectivity index (χ2v) is 8.88. The molecule has 7 nitrogen and oxygen atoms in total. The summed E-state index contributed by atoms with van der Waals surface area (Å²) in [7, 11) is 0. The Morgan fingerprint density at radius 2 is 2.13 bits per heavy atom. The standard InChI is InChI=1S/C21H24ClFN4O3/c1-21(2,3)26-19-15-18(30-10-11-9-24-7-8-27(11)20(15)29)16(22)17(25-19)14-12(23)5-4-6-13(14)28/h4-6,11,24,28H,7-10H2,1-3H3,(H,25,26)/t11-/m1/s1. The number of anilines is 1. The molecule has 0 radical (unpaired) electrons. The number of pyridine rings is 1. The number of aromatic nitrogens is 1. The number of benzene rings is 1. The minimum atomic E-state index is -0.673. The molecule has 3 N–H and O–H groups in total. The highest BCUT2D eigenvalue weighted by Gasteiger charge is 2.38. The number of halogens is 2. The number of phenols is 1. The molecule has 2 aliphatic heterocycles. The molecule has 2 aliphatic rings. The monoisotopic (exact) mass is 434 g/mol. The number of piperazine rings is 1. The van der Waals surface area contributed by atoms with E-state index in [0.29, 0.717) is 19.6 Å². The first-order valence-electron chi connectivity index (χ1n) is 9.81. The summed E-state index contributed by atoms with van der Waals surface area (Å²) in [5.74, 6) is -0.820. The van der Waals surface area contributed by atoms with Gasteiger partial charge in [-0.1, -0.05) is 17.7 Å². The van der Waals surface area contributed by atoms with Crippen LogP contribution < -0.4 is 15.4 Å². The zero-order valence-electron chi connectivity index (χ0n) is 17.1. The van der Waals surface area contributed by atoms with Crippen LogP contribution in [-0.4, -0.2) is 58.7 Å². The maximum atomic E-state index is 14.6. The van der Waals surface area contributed by atoms with E-state index in [9.17, 15) is 14.3 Å². The number of phenolic OH excluding ortho intramolecular Hbond substituents is 1. The van der Waals surface area contributed by atoms with Crippen molar-refractivity contribution in [3.8, 4) is 22.8 Å². The molecule has 1 aromatic heterocycles. The molecule has 0 aliphatic carbocycles. The SMILES string of the molecule is CC(C)(C)Nc1nc(-c2c(O)cccc2F)c(Cl)c2c1C(=O)N1CCNC[C@@H]1CO2. The van der Waals surface area contributed by atoms with Gasteiger partial charge in [0.25, 0.3) is 5.91 Å². The largest absolute Gasteiger partial charge is 0.507 e. The summed E-state index contributed by atoms with van der Waals surface area (Å²) >= 11 is 6.60. The van der Waals surface area contributed by atoms with E-state index in [4.69, 9.17) is 16.3 Å². The van der Waals surface area contributed by atoms with E-state index in [1.165, 1.54) is 18.2 Å². The molecule has 1 saturated heterocycles. The fourth-order valence-corrected chi connectivity index (χ4v) is 4.02. The highest BCUT2D eigenvalue weighted by molar-refractivity contribution is 6.35. The summed E-state index contributed by atoms with van der Waals surface area (Å²) in [5.41, 5.74) is -0.345. The van der Waals surface area contributed by atoms with Crippen LogP contribution in [0.2, 0.25) is 5.02 Å². The molecule has 0 bridgehead atoms. The Morgan fingerprint density at radius 1 is 1.37 bits per heavy atom. The first kappa shape index (κ1) is 20.7. The van der Waals surface area contributed by atoms with Crippen LogP contribution >= 0.6 is 11.6 Å². The maximum absolute atomic E-state index is 14.6. The van der Waals surface area contributed by atoms with Gasteiger partial charge in [-0.2, -0.15) is 0 Å². The molecule has 1 fully saturated rings. The van der Waals surface area contributed by atoms with Crippen molar-refractivity contribution in [2.75, 3.05) is 31.6 Å². The van der Waals surface area contributed by atoms with E-state index in [1.54, 1.807) is 4.90 Å². The zero-order chi connectivity index (χ0) is 21.6. The quantitative estimate of drug-likeness (QED) is 0.672. The number of hydrogen-bond donors (Lipinski definition) is 3. The van der Waals surface area contributed by atoms with Crippen LogP contribution in [0.1, 0.15) is 31.1 Å². The molecule has 0 spiro atoms. The molecule has 3 heterocycles. The highest BCUT2D eigenvalue weighted by Crippen LogP contribution is 2.45. The fourth-order valence-electron chi connectivity index (χ4n) is 3.73. The minimum absolute atomic E-state index is 0.00832. The summed E-state index contributed by atoms with van der Waals surface area (Å²) in [6, 6.07) is 3.82. The second kappa shape index (κ2) is 7.59. The number of carbonyl (C=O) groups excluding carboxylic acids is 1. The molecule has 30 heavy (non-hydrogen) atoms. The number of hydrogen-bond acceptors (Lipinski definition) is 6. The van der Waals surface area contributed by atoms with Crippen LogP contribution in [0.15, 0.2) is 18.2 Å². The number of nitrogens with zero attached hydrogens (tertiary/aromatic N) is 2. The van der Waals surface area contributed by atoms with Gasteiger partial charge < -0.3 is 25.4 Å². The lowest BCUT2D eigenvalue weighted by Crippen LogP contribution is -2.55. The van der Waals surface area contributed by atoms with Crippen LogP contribution in [0.25, 0.3) is 11.3 Å². The van der Waals surface area contributed by atoms with Crippen molar-refractivity contribution in [3.05, 3.63) is 34.6 Å². The molecule has 1 amide bonds. The Labute approximate surface area is 179 Å². The van der Waals surface area contributed by atoms with E-state index < -0.39 is 11.4 Å². The minimum Gasteiger partial charge on any atom is -0.507 e. The lowest BCUT2D eigenvalue weighted by molar-refractivity contribution is 0.0607. The van der Waals surface area contributed by atoms with Crippen LogP contribution in [0.5, 0.6) is 11.5 Å². The van der Waals surface area contributed by atoms with Crippen molar-refractivity contribution >= 4 is 23.3 Å². The predicted molar refractivity (Wildman–Crippen MR) is 113 cm³/mol. The second-order valence-electron chi connectivity index (χ2n) is 8.50. The van der Waals surface area contributed by atoms with Crippen molar-refractivity contribution in [1.29, 1.82) is 0 Å². The Hall–Kier alpha value is -2.58. The van der Waals surface area contributed by atoms with Gasteiger partial charge in [-0.15, -0.1) is 0 Å². The smallest absolute Gasteiger partial charge is 0.261 e. The number of carbonyl (C=O) groups is 1. The van der Waals surface area contributed by atoms with E-state index in [0.717, 1.165) is 0 Å². The summed E-state index contributed by atoms with van der Waals surface area (Å²) in [6.45, 7) is 7.83. The van der Waals surface area contributed by atoms with E-state index in [2.05, 4.69) is 15.6 Å². The average molecular weight is 435 g/mol. The third-order valence-electron chi connectivity index (χ3n) is 5.06. The first-order chi connectivity index (χ1) is 14.2. The van der Waals surface area contributed by atoms with Gasteiger partial charge in [-0.05, 0) is 32.9 Å². The molecule has 160 valence electrons. The Kier molecular flexibility index (Phi) is 5.23. The first-order valence-corrected chi connectivity index (χ1v) is 10.2. The van der Waals surface area contributed by atoms with Gasteiger partial charge in [-0.3, -0.25) is 4.79 Å². The Bertz CT molecular complexity index is 988. The van der Waals surface area contributed by atoms with Crippen molar-refractivity contribution in [1.82, 2.24) is 15.2 Å². The van der Waals surface area contributed by atoms with E-state index >= 15 is 0 Å². The molecular formula is C21H24ClFN4O3. The van der Waals surface area contributed by atoms with Gasteiger partial charge >= 0.3 is 0 Å². The molecular weight excluding hydrogens is 411 g/mol. The van der Waals surface area contributed by atoms with Crippen molar-refractivity contribution < 1.29 is 19.0 Å². The Morgan fingerprint density at radius 3 is 2.83 bits per heavy atom. The summed E-state index contributed by atoms with van der Waals surface area (Å²) < 4.78 is 20.6. The highest BCUT2D eigenvalue weighted by atomic mass is 35.5. The number of fused-ring (bicyclic) bond motifs is 2. The zero-order valence-corrected chi connectivity index (χ0v) is 17.8. The fraction of sp³-hybridized carbons (Fsp3) is 0.429. The molecule has 4 rings (SSSR count). The molecule has 0 unspecified atom stereocenters. The third-order valence-corrected chi connectivity index (χ3v) is 5.41. The third kappa shape index (κ3) is 3.65. The van der Waals surface area contributed by atoms with E-state index in [-0.39, 0.29) is 57.7 Å². The van der Waals surface area contributed by atoms with Gasteiger partial charge in [0.1, 0.15) is 40.3 Å². The number of aromatic hydroxyl groups is 1. The van der Waals surface area contributed by atoms with Gasteiger partial charge in [0.05, 0.1) is 11.6 Å². The molecule has 0 saturated carbocycles. The van der Waals surface area contributed by atoms with Crippen LogP contribution in [-0.2, 0) is 0 Å². The number of nitrogens with one attached hydrogen (secondary N) is 2. The van der Waals surface area contributed by atoms with Crippen molar-refractivity contribution in [2.45, 2.75) is 32.4 Å². The lowest BCUT2D eigenvalue weighted by Gasteiger charge is -2.34. The van der Waals surface area contributed by atoms with Crippen LogP contribution in [0, 0.1) is 5.82 Å². The van der Waals surface area contributed by atoms with Gasteiger partial charge in [-0.25, -0.2) is 9.37 Å². The molecule has 1 aromatic carbocycles. The molecule has 1 atom stereocenters. The predicted octanol–water partition coefficient (Wildman–Crippen LogP) is 3.26.